The quantitative estimate of drug-likeness (QED) is 0.313. The number of phenols is 2. The summed E-state index contributed by atoms with van der Waals surface area (Å²) in [6.07, 6.45) is 1.10. The molecule has 160 valence electrons. The highest BCUT2D eigenvalue weighted by Crippen LogP contribution is 2.43. The van der Waals surface area contributed by atoms with Crippen molar-refractivity contribution in [1.29, 1.82) is 0 Å². The number of fused-ring (bicyclic) bond motifs is 3. The Kier molecular flexibility index (Phi) is 4.53. The smallest absolute Gasteiger partial charge is 0.301 e. The molecule has 0 bridgehead atoms. The lowest BCUT2D eigenvalue weighted by Crippen LogP contribution is -2.27. The van der Waals surface area contributed by atoms with Gasteiger partial charge in [-0.1, -0.05) is 13.8 Å². The number of rotatable bonds is 4. The van der Waals surface area contributed by atoms with Crippen LogP contribution in [0.4, 0.5) is 17.1 Å². The molecule has 0 spiro atoms. The van der Waals surface area contributed by atoms with Crippen LogP contribution in [0.25, 0.3) is 11.0 Å². The molecule has 0 fully saturated rings. The van der Waals surface area contributed by atoms with Crippen molar-refractivity contribution in [2.45, 2.75) is 26.7 Å². The molecule has 0 radical (unpaired) electrons. The van der Waals surface area contributed by atoms with Gasteiger partial charge in [0.25, 0.3) is 5.69 Å². The zero-order valence-electron chi connectivity index (χ0n) is 16.6. The van der Waals surface area contributed by atoms with Gasteiger partial charge in [0.2, 0.25) is 0 Å². The number of nitro groups is 2. The van der Waals surface area contributed by atoms with Crippen LogP contribution in [0.2, 0.25) is 0 Å². The molecule has 3 N–H and O–H groups in total. The molecular weight excluding hydrogens is 408 g/mol. The number of hydrogen-bond donors (Lipinski definition) is 3. The fourth-order valence-corrected chi connectivity index (χ4v) is 3.75. The van der Waals surface area contributed by atoms with Gasteiger partial charge in [-0.2, -0.15) is 5.10 Å². The van der Waals surface area contributed by atoms with E-state index >= 15 is 0 Å². The molecule has 0 unspecified atom stereocenters. The van der Waals surface area contributed by atoms with Crippen LogP contribution in [0.5, 0.6) is 11.5 Å². The maximum atomic E-state index is 11.4. The van der Waals surface area contributed by atoms with Crippen molar-refractivity contribution in [3.63, 3.8) is 0 Å². The summed E-state index contributed by atoms with van der Waals surface area (Å²) in [7, 11) is 0. The number of anilines is 1. The lowest BCUT2D eigenvalue weighted by Gasteiger charge is -2.29. The minimum Gasteiger partial charge on any atom is -0.504 e. The molecule has 31 heavy (non-hydrogen) atoms. The molecule has 4 rings (SSSR count). The number of aromatic hydroxyl groups is 2. The molecule has 2 aromatic carbocycles. The van der Waals surface area contributed by atoms with Gasteiger partial charge >= 0.3 is 5.69 Å². The Morgan fingerprint density at radius 3 is 2.45 bits per heavy atom. The summed E-state index contributed by atoms with van der Waals surface area (Å²) < 4.78 is 5.89. The van der Waals surface area contributed by atoms with Gasteiger partial charge < -0.3 is 14.6 Å². The minimum atomic E-state index is -0.722. The number of hydrogen-bond acceptors (Lipinski definition) is 9. The summed E-state index contributed by atoms with van der Waals surface area (Å²) in [4.78, 5) is 20.9. The third-order valence-electron chi connectivity index (χ3n) is 5.13. The molecule has 1 aliphatic carbocycles. The van der Waals surface area contributed by atoms with E-state index in [1.165, 1.54) is 18.2 Å². The molecule has 0 saturated heterocycles. The number of non-ortho nitro benzene ring substituents is 1. The number of phenolic OH excluding ortho intramolecular Hbond substituents is 2. The molecular formula is C20H18N4O7. The first-order valence-corrected chi connectivity index (χ1v) is 9.29. The second kappa shape index (κ2) is 6.97. The summed E-state index contributed by atoms with van der Waals surface area (Å²) in [6.45, 7) is 4.03. The zero-order valence-corrected chi connectivity index (χ0v) is 16.6. The highest BCUT2D eigenvalue weighted by molar-refractivity contribution is 6.13. The van der Waals surface area contributed by atoms with Crippen molar-refractivity contribution in [3.8, 4) is 11.5 Å². The van der Waals surface area contributed by atoms with Gasteiger partial charge in [0, 0.05) is 29.5 Å². The normalized spacial score (nSPS) is 16.3. The van der Waals surface area contributed by atoms with Gasteiger partial charge in [-0.25, -0.2) is 0 Å². The van der Waals surface area contributed by atoms with Crippen molar-refractivity contribution in [2.24, 2.45) is 10.5 Å². The summed E-state index contributed by atoms with van der Waals surface area (Å²) >= 11 is 0. The number of nitro benzene ring substituents is 2. The van der Waals surface area contributed by atoms with Crippen molar-refractivity contribution in [3.05, 3.63) is 61.9 Å². The molecule has 3 aromatic rings. The second-order valence-corrected chi connectivity index (χ2v) is 8.14. The number of nitrogens with one attached hydrogen (secondary N) is 1. The van der Waals surface area contributed by atoms with Crippen molar-refractivity contribution in [1.82, 2.24) is 0 Å². The van der Waals surface area contributed by atoms with Crippen LogP contribution in [0.3, 0.4) is 0 Å². The first-order valence-electron chi connectivity index (χ1n) is 9.29. The summed E-state index contributed by atoms with van der Waals surface area (Å²) in [5.41, 5.74) is 3.12. The van der Waals surface area contributed by atoms with Crippen molar-refractivity contribution >= 4 is 33.7 Å². The van der Waals surface area contributed by atoms with Crippen LogP contribution in [0.15, 0.2) is 39.9 Å². The maximum absolute atomic E-state index is 11.4. The number of furan rings is 1. The van der Waals surface area contributed by atoms with Crippen LogP contribution < -0.4 is 5.43 Å². The Morgan fingerprint density at radius 1 is 1.06 bits per heavy atom. The van der Waals surface area contributed by atoms with Crippen LogP contribution >= 0.6 is 0 Å². The molecule has 1 aliphatic rings. The standard InChI is InChI=1S/C20H18N4O7/c1-20(2)8-13(19-11-6-15(25)16(26)7-17(11)31-18(19)9-20)22-21-12-4-3-10(23(27)28)5-14(12)24(29)30/h3-7,21,25-26H,8-9H2,1-2H3/b22-13-. The Labute approximate surface area is 174 Å². The van der Waals surface area contributed by atoms with Gasteiger partial charge in [-0.05, 0) is 24.0 Å². The van der Waals surface area contributed by atoms with E-state index in [1.54, 1.807) is 0 Å². The highest BCUT2D eigenvalue weighted by Gasteiger charge is 2.34. The Morgan fingerprint density at radius 2 is 1.77 bits per heavy atom. The predicted molar refractivity (Wildman–Crippen MR) is 112 cm³/mol. The largest absolute Gasteiger partial charge is 0.504 e. The van der Waals surface area contributed by atoms with Gasteiger partial charge in [-0.3, -0.25) is 25.7 Å². The van der Waals surface area contributed by atoms with Crippen LogP contribution in [-0.2, 0) is 6.42 Å². The number of hydrazone groups is 1. The van der Waals surface area contributed by atoms with E-state index < -0.39 is 21.2 Å². The van der Waals surface area contributed by atoms with E-state index in [9.17, 15) is 30.4 Å². The van der Waals surface area contributed by atoms with E-state index in [-0.39, 0.29) is 22.6 Å². The summed E-state index contributed by atoms with van der Waals surface area (Å²) in [5.74, 6) is 0.00484. The van der Waals surface area contributed by atoms with Gasteiger partial charge in [-0.15, -0.1) is 0 Å². The summed E-state index contributed by atoms with van der Waals surface area (Å²) in [6, 6.07) is 5.95. The zero-order chi connectivity index (χ0) is 22.5. The first-order chi connectivity index (χ1) is 14.6. The van der Waals surface area contributed by atoms with E-state index in [2.05, 4.69) is 10.5 Å². The lowest BCUT2D eigenvalue weighted by molar-refractivity contribution is -0.393. The Balaban J connectivity index is 1.81. The first kappa shape index (κ1) is 20.1. The topological polar surface area (TPSA) is 164 Å². The van der Waals surface area contributed by atoms with E-state index in [0.717, 1.165) is 12.1 Å². The van der Waals surface area contributed by atoms with E-state index in [4.69, 9.17) is 4.42 Å². The van der Waals surface area contributed by atoms with E-state index in [1.807, 2.05) is 13.8 Å². The highest BCUT2D eigenvalue weighted by atomic mass is 16.6. The maximum Gasteiger partial charge on any atom is 0.301 e. The molecule has 0 amide bonds. The van der Waals surface area contributed by atoms with Gasteiger partial charge in [0.05, 0.1) is 21.6 Å². The van der Waals surface area contributed by atoms with Crippen LogP contribution in [-0.4, -0.2) is 25.8 Å². The molecule has 1 heterocycles. The second-order valence-electron chi connectivity index (χ2n) is 8.14. The predicted octanol–water partition coefficient (Wildman–Crippen LogP) is 4.45. The fourth-order valence-electron chi connectivity index (χ4n) is 3.75. The van der Waals surface area contributed by atoms with Gasteiger partial charge in [0.1, 0.15) is 17.0 Å². The molecule has 0 atom stereocenters. The van der Waals surface area contributed by atoms with E-state index in [0.29, 0.717) is 40.8 Å². The van der Waals surface area contributed by atoms with Crippen molar-refractivity contribution in [2.75, 3.05) is 5.43 Å². The lowest BCUT2D eigenvalue weighted by atomic mass is 9.75. The third kappa shape index (κ3) is 3.61. The van der Waals surface area contributed by atoms with Gasteiger partial charge in [0.15, 0.2) is 11.5 Å². The third-order valence-corrected chi connectivity index (χ3v) is 5.13. The van der Waals surface area contributed by atoms with Crippen LogP contribution in [0, 0.1) is 25.6 Å². The SMILES string of the molecule is CC1(C)C/C(=N/Nc2ccc([N+](=O)[O-])cc2[N+](=O)[O-])c2c(oc3cc(O)c(O)cc23)C1. The van der Waals surface area contributed by atoms with Crippen LogP contribution in [0.1, 0.15) is 31.6 Å². The molecule has 1 aromatic heterocycles. The average molecular weight is 426 g/mol. The minimum absolute atomic E-state index is 0.00122. The summed E-state index contributed by atoms with van der Waals surface area (Å²) in [5, 5.41) is 46.9. The molecule has 0 saturated carbocycles. The molecule has 11 heteroatoms. The number of nitrogens with zero attached hydrogens (tertiary/aromatic N) is 3. The average Bonchev–Trinajstić information content (AvgIpc) is 3.01. The molecule has 11 nitrogen and oxygen atoms in total. The number of benzene rings is 2. The Bertz CT molecular complexity index is 1280. The van der Waals surface area contributed by atoms with Crippen molar-refractivity contribution < 1.29 is 24.5 Å². The molecule has 0 aliphatic heterocycles. The Hall–Kier alpha value is -4.15. The monoisotopic (exact) mass is 426 g/mol. The fraction of sp³-hybridized carbons (Fsp3) is 0.250.